The van der Waals surface area contributed by atoms with Gasteiger partial charge in [-0.2, -0.15) is 0 Å². The van der Waals surface area contributed by atoms with Crippen molar-refractivity contribution in [2.45, 2.75) is 13.0 Å². The Balaban J connectivity index is 1.32. The summed E-state index contributed by atoms with van der Waals surface area (Å²) in [5.74, 6) is 0.511. The molecule has 154 valence electrons. The van der Waals surface area contributed by atoms with Crippen molar-refractivity contribution in [1.82, 2.24) is 4.98 Å². The minimum Gasteiger partial charge on any atom is -0.489 e. The minimum absolute atomic E-state index is 0.167. The van der Waals surface area contributed by atoms with Crippen molar-refractivity contribution in [3.63, 3.8) is 0 Å². The molecule has 0 aliphatic heterocycles. The highest BCUT2D eigenvalue weighted by atomic mass is 35.5. The van der Waals surface area contributed by atoms with Gasteiger partial charge in [-0.3, -0.25) is 9.78 Å². The molecule has 0 saturated carbocycles. The maximum atomic E-state index is 12.5. The molecule has 5 heteroatoms. The normalized spacial score (nSPS) is 10.5. The first-order valence-electron chi connectivity index (χ1n) is 9.93. The number of rotatable bonds is 7. The van der Waals surface area contributed by atoms with Gasteiger partial charge in [-0.15, -0.1) is 0 Å². The average Bonchev–Trinajstić information content (AvgIpc) is 2.81. The van der Waals surface area contributed by atoms with Crippen LogP contribution in [-0.2, 0) is 13.0 Å². The maximum Gasteiger partial charge on any atom is 0.255 e. The summed E-state index contributed by atoms with van der Waals surface area (Å²) >= 11 is 6.15. The van der Waals surface area contributed by atoms with Crippen molar-refractivity contribution in [2.24, 2.45) is 0 Å². The van der Waals surface area contributed by atoms with Crippen molar-refractivity contribution in [2.75, 3.05) is 5.32 Å². The van der Waals surface area contributed by atoms with Gasteiger partial charge in [0.05, 0.1) is 0 Å². The molecule has 1 amide bonds. The average molecular weight is 429 g/mol. The third kappa shape index (κ3) is 5.71. The van der Waals surface area contributed by atoms with Gasteiger partial charge < -0.3 is 10.1 Å². The molecule has 0 unspecified atom stereocenters. The van der Waals surface area contributed by atoms with E-state index < -0.39 is 0 Å². The molecule has 4 rings (SSSR count). The van der Waals surface area contributed by atoms with Gasteiger partial charge in [0.2, 0.25) is 0 Å². The third-order valence-corrected chi connectivity index (χ3v) is 5.21. The van der Waals surface area contributed by atoms with Gasteiger partial charge in [-0.1, -0.05) is 41.9 Å². The van der Waals surface area contributed by atoms with Crippen LogP contribution >= 0.6 is 11.6 Å². The summed E-state index contributed by atoms with van der Waals surface area (Å²) in [4.78, 5) is 16.6. The summed E-state index contributed by atoms with van der Waals surface area (Å²) in [6, 6.07) is 26.5. The fourth-order valence-electron chi connectivity index (χ4n) is 3.12. The topological polar surface area (TPSA) is 51.2 Å². The quantitative estimate of drug-likeness (QED) is 0.383. The lowest BCUT2D eigenvalue weighted by molar-refractivity contribution is 0.102. The molecule has 0 bridgehead atoms. The van der Waals surface area contributed by atoms with E-state index in [2.05, 4.69) is 10.3 Å². The molecule has 4 aromatic rings. The van der Waals surface area contributed by atoms with Gasteiger partial charge >= 0.3 is 0 Å². The Morgan fingerprint density at radius 1 is 0.839 bits per heavy atom. The number of carbonyl (C=O) groups excluding carboxylic acids is 1. The van der Waals surface area contributed by atoms with E-state index in [1.165, 1.54) is 11.1 Å². The lowest BCUT2D eigenvalue weighted by Gasteiger charge is -2.09. The molecule has 4 nitrogen and oxygen atoms in total. The smallest absolute Gasteiger partial charge is 0.255 e. The van der Waals surface area contributed by atoms with Gasteiger partial charge in [-0.25, -0.2) is 0 Å². The van der Waals surface area contributed by atoms with Crippen molar-refractivity contribution in [3.05, 3.63) is 125 Å². The van der Waals surface area contributed by atoms with Gasteiger partial charge in [0.15, 0.2) is 0 Å². The lowest BCUT2D eigenvalue weighted by atomic mass is 10.1. The largest absolute Gasteiger partial charge is 0.489 e. The first kappa shape index (κ1) is 20.6. The first-order chi connectivity index (χ1) is 15.2. The molecule has 1 N–H and O–H groups in total. The number of amides is 1. The summed E-state index contributed by atoms with van der Waals surface area (Å²) in [6.45, 7) is 0.372. The molecule has 31 heavy (non-hydrogen) atoms. The highest BCUT2D eigenvalue weighted by Gasteiger charge is 2.07. The number of nitrogens with zero attached hydrogens (tertiary/aromatic N) is 1. The van der Waals surface area contributed by atoms with Crippen LogP contribution in [0, 0.1) is 0 Å². The van der Waals surface area contributed by atoms with Crippen LogP contribution in [0.25, 0.3) is 0 Å². The number of hydrogen-bond donors (Lipinski definition) is 1. The zero-order chi connectivity index (χ0) is 21.5. The van der Waals surface area contributed by atoms with Crippen LogP contribution in [0.5, 0.6) is 5.75 Å². The third-order valence-electron chi connectivity index (χ3n) is 4.84. The zero-order valence-electron chi connectivity index (χ0n) is 16.8. The SMILES string of the molecule is O=C(Nc1ccc(Cc2ccncc2)cc1)c1ccc(OCc2ccccc2Cl)cc1. The van der Waals surface area contributed by atoms with Crippen LogP contribution in [0.1, 0.15) is 27.0 Å². The van der Waals surface area contributed by atoms with E-state index in [0.717, 1.165) is 17.7 Å². The van der Waals surface area contributed by atoms with Gasteiger partial charge in [0.25, 0.3) is 5.91 Å². The second kappa shape index (κ2) is 9.92. The Bertz CT molecular complexity index is 1140. The standard InChI is InChI=1S/C26H21ClN2O2/c27-25-4-2-1-3-22(25)18-31-24-11-7-21(8-12-24)26(30)29-23-9-5-19(6-10-23)17-20-13-15-28-16-14-20/h1-16H,17-18H2,(H,29,30). The molecule has 0 spiro atoms. The number of pyridine rings is 1. The van der Waals surface area contributed by atoms with Crippen LogP contribution in [0.2, 0.25) is 5.02 Å². The molecular weight excluding hydrogens is 408 g/mol. The predicted molar refractivity (Wildman–Crippen MR) is 124 cm³/mol. The lowest BCUT2D eigenvalue weighted by Crippen LogP contribution is -2.11. The van der Waals surface area contributed by atoms with E-state index in [0.29, 0.717) is 22.9 Å². The Labute approximate surface area is 186 Å². The summed E-state index contributed by atoms with van der Waals surface area (Å²) in [5, 5.41) is 3.60. The zero-order valence-corrected chi connectivity index (χ0v) is 17.5. The second-order valence-corrected chi connectivity index (χ2v) is 7.49. The molecule has 1 aromatic heterocycles. The molecule has 0 saturated heterocycles. The Morgan fingerprint density at radius 2 is 1.52 bits per heavy atom. The van der Waals surface area contributed by atoms with Crippen molar-refractivity contribution < 1.29 is 9.53 Å². The number of halogens is 1. The number of aromatic nitrogens is 1. The van der Waals surface area contributed by atoms with E-state index in [9.17, 15) is 4.79 Å². The number of anilines is 1. The number of carbonyl (C=O) groups is 1. The molecular formula is C26H21ClN2O2. The first-order valence-corrected chi connectivity index (χ1v) is 10.3. The highest BCUT2D eigenvalue weighted by molar-refractivity contribution is 6.31. The van der Waals surface area contributed by atoms with Crippen molar-refractivity contribution in [1.29, 1.82) is 0 Å². The van der Waals surface area contributed by atoms with Crippen LogP contribution in [0.15, 0.2) is 97.3 Å². The number of hydrogen-bond acceptors (Lipinski definition) is 3. The van der Waals surface area contributed by atoms with E-state index in [1.807, 2.05) is 60.7 Å². The summed E-state index contributed by atoms with van der Waals surface area (Å²) in [5.41, 5.74) is 4.60. The van der Waals surface area contributed by atoms with Gasteiger partial charge in [-0.05, 0) is 72.1 Å². The van der Waals surface area contributed by atoms with Crippen molar-refractivity contribution >= 4 is 23.2 Å². The summed E-state index contributed by atoms with van der Waals surface area (Å²) < 4.78 is 5.77. The molecule has 3 aromatic carbocycles. The minimum atomic E-state index is -0.167. The molecule has 0 atom stereocenters. The van der Waals surface area contributed by atoms with Crippen LogP contribution < -0.4 is 10.1 Å². The number of nitrogens with one attached hydrogen (secondary N) is 1. The molecule has 1 heterocycles. The van der Waals surface area contributed by atoms with Crippen molar-refractivity contribution in [3.8, 4) is 5.75 Å². The Hall–Kier alpha value is -3.63. The summed E-state index contributed by atoms with van der Waals surface area (Å²) in [6.07, 6.45) is 4.40. The summed E-state index contributed by atoms with van der Waals surface area (Å²) in [7, 11) is 0. The molecule has 0 aliphatic rings. The monoisotopic (exact) mass is 428 g/mol. The van der Waals surface area contributed by atoms with E-state index >= 15 is 0 Å². The number of benzene rings is 3. The molecule has 0 fully saturated rings. The second-order valence-electron chi connectivity index (χ2n) is 7.09. The number of ether oxygens (including phenoxy) is 1. The maximum absolute atomic E-state index is 12.5. The predicted octanol–water partition coefficient (Wildman–Crippen LogP) is 6.16. The fraction of sp³-hybridized carbons (Fsp3) is 0.0769. The van der Waals surface area contributed by atoms with E-state index in [-0.39, 0.29) is 5.91 Å². The highest BCUT2D eigenvalue weighted by Crippen LogP contribution is 2.20. The van der Waals surface area contributed by atoms with Gasteiger partial charge in [0.1, 0.15) is 12.4 Å². The van der Waals surface area contributed by atoms with Crippen LogP contribution in [0.4, 0.5) is 5.69 Å². The van der Waals surface area contributed by atoms with Gasteiger partial charge in [0, 0.05) is 34.2 Å². The van der Waals surface area contributed by atoms with E-state index in [1.54, 1.807) is 36.7 Å². The Kier molecular flexibility index (Phi) is 6.60. The van der Waals surface area contributed by atoms with Crippen LogP contribution in [0.3, 0.4) is 0 Å². The van der Waals surface area contributed by atoms with E-state index in [4.69, 9.17) is 16.3 Å². The Morgan fingerprint density at radius 3 is 2.23 bits per heavy atom. The fourth-order valence-corrected chi connectivity index (χ4v) is 3.31. The molecule has 0 radical (unpaired) electrons. The van der Waals surface area contributed by atoms with Crippen LogP contribution in [-0.4, -0.2) is 10.9 Å². The molecule has 0 aliphatic carbocycles.